The minimum atomic E-state index is -0.194. The molecule has 2 aromatic heterocycles. The number of furan rings is 1. The van der Waals surface area contributed by atoms with E-state index in [1.165, 1.54) is 0 Å². The number of fused-ring (bicyclic) bond motifs is 2. The van der Waals surface area contributed by atoms with Crippen molar-refractivity contribution in [3.63, 3.8) is 0 Å². The Bertz CT molecular complexity index is 1220. The van der Waals surface area contributed by atoms with Gasteiger partial charge in [-0.3, -0.25) is 9.59 Å². The molecule has 0 spiro atoms. The van der Waals surface area contributed by atoms with Crippen molar-refractivity contribution in [1.82, 2.24) is 14.9 Å². The Labute approximate surface area is 161 Å². The first-order valence-electron chi connectivity index (χ1n) is 9.27. The maximum Gasteiger partial charge on any atom is 0.258 e. The van der Waals surface area contributed by atoms with Crippen LogP contribution in [0.2, 0.25) is 0 Å². The fourth-order valence-corrected chi connectivity index (χ4v) is 3.37. The largest absolute Gasteiger partial charge is 0.464 e. The molecule has 0 saturated carbocycles. The molecule has 0 bridgehead atoms. The van der Waals surface area contributed by atoms with Crippen LogP contribution in [0.4, 0.5) is 0 Å². The summed E-state index contributed by atoms with van der Waals surface area (Å²) in [5, 5.41) is 1.49. The molecule has 0 saturated heterocycles. The molecule has 2 heterocycles. The number of aromatic amines is 1. The van der Waals surface area contributed by atoms with Gasteiger partial charge >= 0.3 is 0 Å². The highest BCUT2D eigenvalue weighted by atomic mass is 16.3. The molecule has 0 aliphatic rings. The maximum absolute atomic E-state index is 12.9. The summed E-state index contributed by atoms with van der Waals surface area (Å²) in [4.78, 5) is 34.1. The van der Waals surface area contributed by atoms with Crippen molar-refractivity contribution in [3.05, 3.63) is 76.0 Å². The SMILES string of the molecule is CCN(Cc1nc2ccccc2c(=O)[nH]1)C(=O)Cc1coc2cc(C)ccc12. The van der Waals surface area contributed by atoms with Crippen molar-refractivity contribution in [2.45, 2.75) is 26.8 Å². The van der Waals surface area contributed by atoms with Crippen molar-refractivity contribution < 1.29 is 9.21 Å². The van der Waals surface area contributed by atoms with E-state index in [0.717, 1.165) is 22.1 Å². The summed E-state index contributed by atoms with van der Waals surface area (Å²) in [5.74, 6) is 0.438. The van der Waals surface area contributed by atoms with E-state index in [-0.39, 0.29) is 24.4 Å². The molecular formula is C22H21N3O3. The van der Waals surface area contributed by atoms with Gasteiger partial charge < -0.3 is 14.3 Å². The molecule has 6 nitrogen and oxygen atoms in total. The average molecular weight is 375 g/mol. The van der Waals surface area contributed by atoms with E-state index in [4.69, 9.17) is 4.42 Å². The quantitative estimate of drug-likeness (QED) is 0.578. The Morgan fingerprint density at radius 2 is 2.00 bits per heavy atom. The topological polar surface area (TPSA) is 79.2 Å². The van der Waals surface area contributed by atoms with Crippen LogP contribution in [0.25, 0.3) is 21.9 Å². The first kappa shape index (κ1) is 18.0. The summed E-state index contributed by atoms with van der Waals surface area (Å²) in [7, 11) is 0. The number of carbonyl (C=O) groups is 1. The fraction of sp³-hybridized carbons (Fsp3) is 0.227. The van der Waals surface area contributed by atoms with E-state index in [0.29, 0.717) is 23.3 Å². The van der Waals surface area contributed by atoms with Gasteiger partial charge in [0.05, 0.1) is 30.1 Å². The number of nitrogens with zero attached hydrogens (tertiary/aromatic N) is 2. The molecule has 0 atom stereocenters. The van der Waals surface area contributed by atoms with Gasteiger partial charge in [-0.15, -0.1) is 0 Å². The average Bonchev–Trinajstić information content (AvgIpc) is 3.07. The van der Waals surface area contributed by atoms with Gasteiger partial charge in [-0.25, -0.2) is 4.98 Å². The number of hydrogen-bond donors (Lipinski definition) is 1. The molecule has 4 aromatic rings. The lowest BCUT2D eigenvalue weighted by molar-refractivity contribution is -0.131. The number of likely N-dealkylation sites (N-methyl/N-ethyl adjacent to an activating group) is 1. The van der Waals surface area contributed by atoms with Crippen LogP contribution in [-0.2, 0) is 17.8 Å². The minimum Gasteiger partial charge on any atom is -0.464 e. The highest BCUT2D eigenvalue weighted by molar-refractivity contribution is 5.88. The molecule has 4 rings (SSSR count). The molecule has 142 valence electrons. The van der Waals surface area contributed by atoms with E-state index < -0.39 is 0 Å². The van der Waals surface area contributed by atoms with Crippen LogP contribution in [0, 0.1) is 6.92 Å². The van der Waals surface area contributed by atoms with Crippen LogP contribution in [0.3, 0.4) is 0 Å². The zero-order valence-corrected chi connectivity index (χ0v) is 15.9. The Morgan fingerprint density at radius 3 is 2.82 bits per heavy atom. The highest BCUT2D eigenvalue weighted by Gasteiger charge is 2.17. The summed E-state index contributed by atoms with van der Waals surface area (Å²) < 4.78 is 5.60. The van der Waals surface area contributed by atoms with E-state index in [9.17, 15) is 9.59 Å². The van der Waals surface area contributed by atoms with Crippen molar-refractivity contribution in [3.8, 4) is 0 Å². The van der Waals surface area contributed by atoms with Gasteiger partial charge in [0.25, 0.3) is 5.56 Å². The van der Waals surface area contributed by atoms with Crippen molar-refractivity contribution in [2.24, 2.45) is 0 Å². The molecule has 1 N–H and O–H groups in total. The molecule has 1 amide bonds. The normalized spacial score (nSPS) is 11.2. The van der Waals surface area contributed by atoms with Crippen LogP contribution in [0.15, 0.2) is 57.9 Å². The Hall–Kier alpha value is -3.41. The number of nitrogens with one attached hydrogen (secondary N) is 1. The minimum absolute atomic E-state index is 0.0402. The number of rotatable bonds is 5. The lowest BCUT2D eigenvalue weighted by Gasteiger charge is -2.20. The summed E-state index contributed by atoms with van der Waals surface area (Å²) in [5.41, 5.74) is 3.19. The van der Waals surface area contributed by atoms with Crippen molar-refractivity contribution in [1.29, 1.82) is 0 Å². The molecule has 0 aliphatic heterocycles. The summed E-state index contributed by atoms with van der Waals surface area (Å²) in [6.07, 6.45) is 1.88. The number of aryl methyl sites for hydroxylation is 1. The van der Waals surface area contributed by atoms with Crippen molar-refractivity contribution >= 4 is 27.8 Å². The third-order valence-corrected chi connectivity index (χ3v) is 4.89. The number of benzene rings is 2. The van der Waals surface area contributed by atoms with E-state index in [1.54, 1.807) is 29.4 Å². The Balaban J connectivity index is 1.56. The van der Waals surface area contributed by atoms with Crippen LogP contribution < -0.4 is 5.56 Å². The standard InChI is InChI=1S/C22H21N3O3/c1-3-25(12-20-23-18-7-5-4-6-17(18)22(27)24-20)21(26)11-15-13-28-19-10-14(2)8-9-16(15)19/h4-10,13H,3,11-12H2,1-2H3,(H,23,24,27). The smallest absolute Gasteiger partial charge is 0.258 e. The third-order valence-electron chi connectivity index (χ3n) is 4.89. The van der Waals surface area contributed by atoms with E-state index in [1.807, 2.05) is 38.1 Å². The van der Waals surface area contributed by atoms with Gasteiger partial charge in [-0.1, -0.05) is 24.3 Å². The van der Waals surface area contributed by atoms with Gasteiger partial charge in [-0.2, -0.15) is 0 Å². The van der Waals surface area contributed by atoms with Gasteiger partial charge in [0, 0.05) is 17.5 Å². The number of aromatic nitrogens is 2. The molecule has 0 fully saturated rings. The summed E-state index contributed by atoms with van der Waals surface area (Å²) in [6, 6.07) is 13.1. The van der Waals surface area contributed by atoms with Crippen LogP contribution in [0.1, 0.15) is 23.9 Å². The molecular weight excluding hydrogens is 354 g/mol. The van der Waals surface area contributed by atoms with Crippen LogP contribution in [-0.4, -0.2) is 27.3 Å². The first-order chi connectivity index (χ1) is 13.5. The maximum atomic E-state index is 12.9. The predicted octanol–water partition coefficient (Wildman–Crippen LogP) is 3.57. The summed E-state index contributed by atoms with van der Waals surface area (Å²) >= 11 is 0. The molecule has 6 heteroatoms. The number of hydrogen-bond acceptors (Lipinski definition) is 4. The van der Waals surface area contributed by atoms with Gasteiger partial charge in [0.2, 0.25) is 5.91 Å². The first-order valence-corrected chi connectivity index (χ1v) is 9.27. The predicted molar refractivity (Wildman–Crippen MR) is 108 cm³/mol. The van der Waals surface area contributed by atoms with Crippen LogP contribution in [0.5, 0.6) is 0 Å². The highest BCUT2D eigenvalue weighted by Crippen LogP contribution is 2.23. The lowest BCUT2D eigenvalue weighted by Crippen LogP contribution is -2.33. The van der Waals surface area contributed by atoms with E-state index >= 15 is 0 Å². The third kappa shape index (κ3) is 3.41. The number of amides is 1. The second-order valence-electron chi connectivity index (χ2n) is 6.88. The monoisotopic (exact) mass is 375 g/mol. The molecule has 0 unspecified atom stereocenters. The molecule has 0 aliphatic carbocycles. The fourth-order valence-electron chi connectivity index (χ4n) is 3.37. The lowest BCUT2D eigenvalue weighted by atomic mass is 10.1. The molecule has 0 radical (unpaired) electrons. The molecule has 2 aromatic carbocycles. The Kier molecular flexibility index (Phi) is 4.69. The zero-order valence-electron chi connectivity index (χ0n) is 15.9. The number of para-hydroxylation sites is 1. The second-order valence-corrected chi connectivity index (χ2v) is 6.88. The van der Waals surface area contributed by atoms with Crippen molar-refractivity contribution in [2.75, 3.05) is 6.54 Å². The Morgan fingerprint density at radius 1 is 1.18 bits per heavy atom. The van der Waals surface area contributed by atoms with E-state index in [2.05, 4.69) is 9.97 Å². The zero-order chi connectivity index (χ0) is 19.7. The van der Waals surface area contributed by atoms with Gasteiger partial charge in [-0.05, 0) is 37.6 Å². The number of H-pyrrole nitrogens is 1. The van der Waals surface area contributed by atoms with Gasteiger partial charge in [0.1, 0.15) is 11.4 Å². The number of carbonyl (C=O) groups excluding carboxylic acids is 1. The molecule has 28 heavy (non-hydrogen) atoms. The second kappa shape index (κ2) is 7.31. The summed E-state index contributed by atoms with van der Waals surface area (Å²) in [6.45, 7) is 4.69. The van der Waals surface area contributed by atoms with Gasteiger partial charge in [0.15, 0.2) is 0 Å². The van der Waals surface area contributed by atoms with Crippen LogP contribution >= 0.6 is 0 Å².